The average Bonchev–Trinajstić information content (AvgIpc) is 3.30. The van der Waals surface area contributed by atoms with Crippen LogP contribution in [0, 0.1) is 0 Å². The number of nitrogens with zero attached hydrogens (tertiary/aromatic N) is 1. The molecule has 0 atom stereocenters. The van der Waals surface area contributed by atoms with Gasteiger partial charge >= 0.3 is 0 Å². The highest BCUT2D eigenvalue weighted by molar-refractivity contribution is 6.33. The van der Waals surface area contributed by atoms with Crippen LogP contribution >= 0.6 is 0 Å². The number of carbonyl (C=O) groups is 2. The number of aryl methyl sites for hydroxylation is 2. The van der Waals surface area contributed by atoms with Gasteiger partial charge in [-0.15, -0.1) is 0 Å². The molecular formula is C27H24N2O3. The van der Waals surface area contributed by atoms with E-state index in [2.05, 4.69) is 46.3 Å². The zero-order chi connectivity index (χ0) is 21.8. The molecule has 1 aliphatic heterocycles. The molecule has 0 spiro atoms. The molecule has 3 aromatic carbocycles. The Morgan fingerprint density at radius 3 is 2.59 bits per heavy atom. The van der Waals surface area contributed by atoms with Crippen LogP contribution in [0.4, 0.5) is 0 Å². The maximum Gasteiger partial charge on any atom is 0.259 e. The summed E-state index contributed by atoms with van der Waals surface area (Å²) in [6.07, 6.45) is 2.50. The van der Waals surface area contributed by atoms with Gasteiger partial charge in [-0.2, -0.15) is 0 Å². The second kappa shape index (κ2) is 7.31. The Morgan fingerprint density at radius 2 is 1.72 bits per heavy atom. The summed E-state index contributed by atoms with van der Waals surface area (Å²) in [4.78, 5) is 25.9. The fourth-order valence-electron chi connectivity index (χ4n) is 5.55. The SMILES string of the molecule is CCOCCCn1c2ccccc2c2c3c(c4c(c21)-c1ccccc1CC4)C(=O)NC3=O. The molecule has 0 saturated carbocycles. The summed E-state index contributed by atoms with van der Waals surface area (Å²) < 4.78 is 7.94. The summed E-state index contributed by atoms with van der Waals surface area (Å²) in [6.45, 7) is 4.18. The zero-order valence-corrected chi connectivity index (χ0v) is 18.0. The van der Waals surface area contributed by atoms with Gasteiger partial charge in [-0.3, -0.25) is 14.9 Å². The third-order valence-electron chi connectivity index (χ3n) is 6.80. The second-order valence-corrected chi connectivity index (χ2v) is 8.49. The first kappa shape index (κ1) is 19.3. The monoisotopic (exact) mass is 424 g/mol. The molecule has 2 aliphatic rings. The van der Waals surface area contributed by atoms with Crippen LogP contribution in [0.5, 0.6) is 0 Å². The van der Waals surface area contributed by atoms with Gasteiger partial charge in [-0.05, 0) is 48.9 Å². The molecular weight excluding hydrogens is 400 g/mol. The summed E-state index contributed by atoms with van der Waals surface area (Å²) in [5.74, 6) is -0.551. The Kier molecular flexibility index (Phi) is 4.40. The number of benzene rings is 3. The van der Waals surface area contributed by atoms with Crippen molar-refractivity contribution in [2.24, 2.45) is 0 Å². The first-order valence-electron chi connectivity index (χ1n) is 11.3. The number of para-hydroxylation sites is 1. The molecule has 1 N–H and O–H groups in total. The number of amides is 2. The predicted octanol–water partition coefficient (Wildman–Crippen LogP) is 4.87. The van der Waals surface area contributed by atoms with E-state index < -0.39 is 0 Å². The first-order chi connectivity index (χ1) is 15.7. The predicted molar refractivity (Wildman–Crippen MR) is 125 cm³/mol. The molecule has 6 rings (SSSR count). The number of hydrogen-bond acceptors (Lipinski definition) is 3. The molecule has 5 nitrogen and oxygen atoms in total. The van der Waals surface area contributed by atoms with E-state index in [1.165, 1.54) is 11.1 Å². The lowest BCUT2D eigenvalue weighted by atomic mass is 9.80. The Labute approximate surface area is 186 Å². The molecule has 0 fully saturated rings. The van der Waals surface area contributed by atoms with Crippen molar-refractivity contribution in [2.75, 3.05) is 13.2 Å². The van der Waals surface area contributed by atoms with Crippen molar-refractivity contribution in [3.8, 4) is 11.1 Å². The molecule has 0 saturated heterocycles. The van der Waals surface area contributed by atoms with Crippen LogP contribution in [-0.2, 0) is 24.1 Å². The second-order valence-electron chi connectivity index (χ2n) is 8.49. The van der Waals surface area contributed by atoms with Crippen molar-refractivity contribution in [3.05, 3.63) is 70.8 Å². The van der Waals surface area contributed by atoms with Crippen LogP contribution < -0.4 is 5.32 Å². The van der Waals surface area contributed by atoms with E-state index in [9.17, 15) is 9.59 Å². The van der Waals surface area contributed by atoms with Gasteiger partial charge in [-0.1, -0.05) is 42.5 Å². The minimum Gasteiger partial charge on any atom is -0.382 e. The van der Waals surface area contributed by atoms with Crippen LogP contribution in [-0.4, -0.2) is 29.6 Å². The van der Waals surface area contributed by atoms with Crippen LogP contribution in [0.1, 0.15) is 45.2 Å². The highest BCUT2D eigenvalue weighted by Gasteiger charge is 2.37. The molecule has 2 heterocycles. The van der Waals surface area contributed by atoms with Gasteiger partial charge in [-0.25, -0.2) is 0 Å². The zero-order valence-electron chi connectivity index (χ0n) is 18.0. The van der Waals surface area contributed by atoms with Gasteiger partial charge in [0.05, 0.1) is 16.6 Å². The molecule has 2 amide bonds. The third-order valence-corrected chi connectivity index (χ3v) is 6.80. The van der Waals surface area contributed by atoms with Crippen molar-refractivity contribution >= 4 is 33.6 Å². The number of carbonyl (C=O) groups excluding carboxylic acids is 2. The lowest BCUT2D eigenvalue weighted by molar-refractivity contribution is 0.0880. The highest BCUT2D eigenvalue weighted by atomic mass is 16.5. The van der Waals surface area contributed by atoms with E-state index in [1.807, 2.05) is 19.1 Å². The van der Waals surface area contributed by atoms with Crippen LogP contribution in [0.2, 0.25) is 0 Å². The van der Waals surface area contributed by atoms with Gasteiger partial charge in [0, 0.05) is 41.6 Å². The van der Waals surface area contributed by atoms with E-state index in [0.717, 1.165) is 58.7 Å². The number of rotatable bonds is 5. The van der Waals surface area contributed by atoms with Crippen molar-refractivity contribution < 1.29 is 14.3 Å². The number of fused-ring (bicyclic) bond motifs is 10. The first-order valence-corrected chi connectivity index (χ1v) is 11.3. The maximum absolute atomic E-state index is 13.0. The molecule has 1 aromatic heterocycles. The summed E-state index contributed by atoms with van der Waals surface area (Å²) >= 11 is 0. The lowest BCUT2D eigenvalue weighted by Crippen LogP contribution is -2.20. The third kappa shape index (κ3) is 2.61. The largest absolute Gasteiger partial charge is 0.382 e. The van der Waals surface area contributed by atoms with Gasteiger partial charge in [0.25, 0.3) is 11.8 Å². The lowest BCUT2D eigenvalue weighted by Gasteiger charge is -2.24. The van der Waals surface area contributed by atoms with E-state index in [1.54, 1.807) is 0 Å². The molecule has 0 unspecified atom stereocenters. The normalized spacial score (nSPS) is 14.5. The molecule has 4 aromatic rings. The average molecular weight is 425 g/mol. The molecule has 1 aliphatic carbocycles. The Hall–Kier alpha value is -3.44. The summed E-state index contributed by atoms with van der Waals surface area (Å²) in [5.41, 5.74) is 7.84. The van der Waals surface area contributed by atoms with Gasteiger partial charge < -0.3 is 9.30 Å². The summed E-state index contributed by atoms with van der Waals surface area (Å²) in [6, 6.07) is 16.7. The van der Waals surface area contributed by atoms with Crippen LogP contribution in [0.25, 0.3) is 32.9 Å². The minimum atomic E-state index is -0.283. The highest BCUT2D eigenvalue weighted by Crippen LogP contribution is 2.47. The van der Waals surface area contributed by atoms with Gasteiger partial charge in [0.15, 0.2) is 0 Å². The number of ether oxygens (including phenoxy) is 1. The fourth-order valence-corrected chi connectivity index (χ4v) is 5.55. The summed E-state index contributed by atoms with van der Waals surface area (Å²) in [5, 5.41) is 4.49. The molecule has 5 heteroatoms. The van der Waals surface area contributed by atoms with Crippen LogP contribution in [0.3, 0.4) is 0 Å². The Morgan fingerprint density at radius 1 is 0.938 bits per heavy atom. The van der Waals surface area contributed by atoms with E-state index in [-0.39, 0.29) is 11.8 Å². The van der Waals surface area contributed by atoms with E-state index in [4.69, 9.17) is 4.74 Å². The van der Waals surface area contributed by atoms with Crippen molar-refractivity contribution in [1.82, 2.24) is 9.88 Å². The van der Waals surface area contributed by atoms with Gasteiger partial charge in [0.2, 0.25) is 0 Å². The molecule has 0 radical (unpaired) electrons. The van der Waals surface area contributed by atoms with Crippen LogP contribution in [0.15, 0.2) is 48.5 Å². The maximum atomic E-state index is 13.0. The quantitative estimate of drug-likeness (QED) is 0.367. The summed E-state index contributed by atoms with van der Waals surface area (Å²) in [7, 11) is 0. The number of nitrogens with one attached hydrogen (secondary N) is 1. The minimum absolute atomic E-state index is 0.268. The number of hydrogen-bond donors (Lipinski definition) is 1. The topological polar surface area (TPSA) is 60.3 Å². The molecule has 0 bridgehead atoms. The number of imide groups is 1. The Balaban J connectivity index is 1.77. The smallest absolute Gasteiger partial charge is 0.259 e. The number of aromatic nitrogens is 1. The Bertz CT molecular complexity index is 1430. The van der Waals surface area contributed by atoms with E-state index >= 15 is 0 Å². The molecule has 32 heavy (non-hydrogen) atoms. The van der Waals surface area contributed by atoms with Crippen molar-refractivity contribution in [2.45, 2.75) is 32.7 Å². The van der Waals surface area contributed by atoms with Crippen molar-refractivity contribution in [3.63, 3.8) is 0 Å². The molecule has 160 valence electrons. The standard InChI is InChI=1S/C27H24N2O3/c1-2-32-15-7-14-29-20-11-6-5-10-18(20)22-24-23(26(30)28-27(24)31)19-13-12-16-8-3-4-9-17(16)21(19)25(22)29/h3-6,8-11H,2,7,12-15H2,1H3,(H,28,30,31). The van der Waals surface area contributed by atoms with Gasteiger partial charge in [0.1, 0.15) is 0 Å². The van der Waals surface area contributed by atoms with Crippen molar-refractivity contribution in [1.29, 1.82) is 0 Å². The fraction of sp³-hybridized carbons (Fsp3) is 0.259. The van der Waals surface area contributed by atoms with E-state index in [0.29, 0.717) is 24.3 Å².